The van der Waals surface area contributed by atoms with Gasteiger partial charge in [-0.25, -0.2) is 18.4 Å². The third-order valence-electron chi connectivity index (χ3n) is 5.05. The maximum atomic E-state index is 14.1. The van der Waals surface area contributed by atoms with Crippen LogP contribution in [0.15, 0.2) is 67.5 Å². The van der Waals surface area contributed by atoms with Crippen molar-refractivity contribution in [1.29, 1.82) is 0 Å². The molecule has 4 aromatic heterocycles. The second-order valence-electron chi connectivity index (χ2n) is 7.17. The fourth-order valence-corrected chi connectivity index (χ4v) is 3.57. The van der Waals surface area contributed by atoms with Gasteiger partial charge < -0.3 is 5.32 Å². The minimum Gasteiger partial charge on any atom is -0.320 e. The monoisotopic (exact) mass is 446 g/mol. The Morgan fingerprint density at radius 3 is 2.58 bits per heavy atom. The van der Waals surface area contributed by atoms with Gasteiger partial charge in [0.15, 0.2) is 5.82 Å². The lowest BCUT2D eigenvalue weighted by Crippen LogP contribution is -2.16. The Balaban J connectivity index is 1.49. The molecule has 4 heterocycles. The number of anilines is 1. The molecule has 0 spiro atoms. The number of halogens is 2. The quantitative estimate of drug-likeness (QED) is 0.439. The zero-order valence-electron chi connectivity index (χ0n) is 17.2. The molecule has 1 N–H and O–H groups in total. The molecule has 1 aromatic carbocycles. The molecule has 164 valence electrons. The fraction of sp³-hybridized carbons (Fsp3) is 0.0909. The second kappa shape index (κ2) is 8.19. The van der Waals surface area contributed by atoms with Crippen LogP contribution in [-0.4, -0.2) is 40.6 Å². The lowest BCUT2D eigenvalue weighted by molar-refractivity contribution is 0.100. The third kappa shape index (κ3) is 3.69. The number of nitrogens with zero attached hydrogens (tertiary/aromatic N) is 7. The van der Waals surface area contributed by atoms with Crippen molar-refractivity contribution in [2.75, 3.05) is 5.32 Å². The number of aromatic nitrogens is 7. The molecule has 1 amide bonds. The molecule has 33 heavy (non-hydrogen) atoms. The number of pyridine rings is 2. The number of fused-ring (bicyclic) bond motifs is 1. The number of nitrogens with one attached hydrogen (secondary N) is 1. The molecule has 9 nitrogen and oxygen atoms in total. The summed E-state index contributed by atoms with van der Waals surface area (Å²) in [7, 11) is 0. The summed E-state index contributed by atoms with van der Waals surface area (Å²) in [5.74, 6) is -0.238. The topological polar surface area (TPSA) is 103 Å². The maximum Gasteiger partial charge on any atom is 0.281 e. The number of hydrogen-bond acceptors (Lipinski definition) is 6. The van der Waals surface area contributed by atoms with Crippen molar-refractivity contribution in [3.8, 4) is 11.5 Å². The number of rotatable bonds is 5. The van der Waals surface area contributed by atoms with Crippen molar-refractivity contribution < 1.29 is 13.6 Å². The van der Waals surface area contributed by atoms with E-state index in [2.05, 4.69) is 30.6 Å². The van der Waals surface area contributed by atoms with Gasteiger partial charge in [0, 0.05) is 17.0 Å². The molecule has 0 aliphatic rings. The van der Waals surface area contributed by atoms with Crippen LogP contribution in [0.5, 0.6) is 0 Å². The maximum absolute atomic E-state index is 14.1. The first-order chi connectivity index (χ1) is 16.0. The number of aryl methyl sites for hydroxylation is 1. The highest BCUT2D eigenvalue weighted by atomic mass is 19.3. The molecule has 0 aliphatic carbocycles. The zero-order chi connectivity index (χ0) is 22.9. The van der Waals surface area contributed by atoms with Gasteiger partial charge in [0.2, 0.25) is 0 Å². The first-order valence-electron chi connectivity index (χ1n) is 9.87. The third-order valence-corrected chi connectivity index (χ3v) is 5.05. The predicted octanol–water partition coefficient (Wildman–Crippen LogP) is 3.89. The average molecular weight is 446 g/mol. The summed E-state index contributed by atoms with van der Waals surface area (Å²) in [4.78, 5) is 22.6. The number of carbonyl (C=O) groups is 1. The van der Waals surface area contributed by atoms with E-state index >= 15 is 0 Å². The van der Waals surface area contributed by atoms with Crippen LogP contribution in [-0.2, 0) is 0 Å². The predicted molar refractivity (Wildman–Crippen MR) is 116 cm³/mol. The summed E-state index contributed by atoms with van der Waals surface area (Å²) in [5.41, 5.74) is 0.626. The van der Waals surface area contributed by atoms with E-state index in [1.165, 1.54) is 29.6 Å². The molecule has 0 saturated carbocycles. The largest absolute Gasteiger partial charge is 0.320 e. The Morgan fingerprint density at radius 1 is 1.03 bits per heavy atom. The van der Waals surface area contributed by atoms with Crippen molar-refractivity contribution in [3.05, 3.63) is 84.3 Å². The summed E-state index contributed by atoms with van der Waals surface area (Å²) in [5, 5.41) is 16.2. The molecule has 0 saturated heterocycles. The Kier molecular flexibility index (Phi) is 5.05. The summed E-state index contributed by atoms with van der Waals surface area (Å²) in [6, 6.07) is 8.89. The standard InChI is InChI=1S/C22H16F2N8O/c1-13-8-15(10-26-21(13)32-27-6-7-28-32)30-22(33)17-11-29-31(19(17)20(23)24)18-12-25-9-14-4-2-3-5-16(14)18/h2-12,20H,1H3,(H,30,33). The highest BCUT2D eigenvalue weighted by molar-refractivity contribution is 6.05. The molecular formula is C22H16F2N8O. The molecule has 0 bridgehead atoms. The van der Waals surface area contributed by atoms with Crippen LogP contribution in [0, 0.1) is 6.92 Å². The highest BCUT2D eigenvalue weighted by Gasteiger charge is 2.26. The van der Waals surface area contributed by atoms with Gasteiger partial charge in [-0.3, -0.25) is 9.78 Å². The van der Waals surface area contributed by atoms with E-state index in [1.807, 2.05) is 12.1 Å². The van der Waals surface area contributed by atoms with Gasteiger partial charge in [-0.1, -0.05) is 24.3 Å². The van der Waals surface area contributed by atoms with Crippen molar-refractivity contribution in [2.45, 2.75) is 13.3 Å². The number of alkyl halides is 2. The first-order valence-corrected chi connectivity index (χ1v) is 9.87. The lowest BCUT2D eigenvalue weighted by atomic mass is 10.1. The first kappa shape index (κ1) is 20.4. The molecule has 0 fully saturated rings. The Hall–Kier alpha value is -4.54. The van der Waals surface area contributed by atoms with Gasteiger partial charge >= 0.3 is 0 Å². The Bertz CT molecular complexity index is 1460. The van der Waals surface area contributed by atoms with Crippen LogP contribution in [0.1, 0.15) is 28.0 Å². The van der Waals surface area contributed by atoms with E-state index in [0.717, 1.165) is 16.3 Å². The smallest absolute Gasteiger partial charge is 0.281 e. The Labute approximate surface area is 185 Å². The van der Waals surface area contributed by atoms with Crippen molar-refractivity contribution in [2.24, 2.45) is 0 Å². The van der Waals surface area contributed by atoms with Gasteiger partial charge in [0.1, 0.15) is 5.69 Å². The van der Waals surface area contributed by atoms with Crippen molar-refractivity contribution in [3.63, 3.8) is 0 Å². The molecule has 11 heteroatoms. The van der Waals surface area contributed by atoms with Crippen molar-refractivity contribution >= 4 is 22.4 Å². The molecule has 0 radical (unpaired) electrons. The number of amides is 1. The second-order valence-corrected chi connectivity index (χ2v) is 7.17. The van der Waals surface area contributed by atoms with E-state index in [9.17, 15) is 13.6 Å². The zero-order valence-corrected chi connectivity index (χ0v) is 17.2. The lowest BCUT2D eigenvalue weighted by Gasteiger charge is -2.12. The van der Waals surface area contributed by atoms with Crippen LogP contribution in [0.2, 0.25) is 0 Å². The molecule has 0 atom stereocenters. The summed E-state index contributed by atoms with van der Waals surface area (Å²) in [6.45, 7) is 1.78. The summed E-state index contributed by atoms with van der Waals surface area (Å²) in [6.07, 6.45) is 5.71. The molecule has 5 rings (SSSR count). The van der Waals surface area contributed by atoms with E-state index in [-0.39, 0.29) is 5.56 Å². The van der Waals surface area contributed by atoms with E-state index in [0.29, 0.717) is 28.1 Å². The average Bonchev–Trinajstić information content (AvgIpc) is 3.49. The highest BCUT2D eigenvalue weighted by Crippen LogP contribution is 2.29. The molecule has 0 aliphatic heterocycles. The molecule has 0 unspecified atom stereocenters. The number of carbonyl (C=O) groups excluding carboxylic acids is 1. The van der Waals surface area contributed by atoms with Crippen LogP contribution >= 0.6 is 0 Å². The van der Waals surface area contributed by atoms with Crippen LogP contribution in [0.3, 0.4) is 0 Å². The SMILES string of the molecule is Cc1cc(NC(=O)c2cnn(-c3cncc4ccccc34)c2C(F)F)cnc1-n1nccn1. The fourth-order valence-electron chi connectivity index (χ4n) is 3.57. The van der Waals surface area contributed by atoms with Crippen LogP contribution < -0.4 is 5.32 Å². The molecule has 5 aromatic rings. The van der Waals surface area contributed by atoms with Gasteiger partial charge in [0.05, 0.1) is 47.9 Å². The van der Waals surface area contributed by atoms with Gasteiger partial charge in [-0.05, 0) is 18.6 Å². The van der Waals surface area contributed by atoms with Gasteiger partial charge in [-0.15, -0.1) is 4.80 Å². The normalized spacial score (nSPS) is 11.3. The summed E-state index contributed by atoms with van der Waals surface area (Å²) < 4.78 is 29.2. The summed E-state index contributed by atoms with van der Waals surface area (Å²) >= 11 is 0. The number of benzene rings is 1. The van der Waals surface area contributed by atoms with E-state index < -0.39 is 18.0 Å². The van der Waals surface area contributed by atoms with Crippen LogP contribution in [0.4, 0.5) is 14.5 Å². The van der Waals surface area contributed by atoms with Gasteiger partial charge in [-0.2, -0.15) is 15.3 Å². The van der Waals surface area contributed by atoms with Gasteiger partial charge in [0.25, 0.3) is 12.3 Å². The number of hydrogen-bond donors (Lipinski definition) is 1. The van der Waals surface area contributed by atoms with E-state index in [4.69, 9.17) is 0 Å². The minimum absolute atomic E-state index is 0.242. The minimum atomic E-state index is -2.94. The van der Waals surface area contributed by atoms with Crippen molar-refractivity contribution in [1.82, 2.24) is 34.7 Å². The van der Waals surface area contributed by atoms with Crippen LogP contribution in [0.25, 0.3) is 22.3 Å². The van der Waals surface area contributed by atoms with E-state index in [1.54, 1.807) is 31.3 Å². The Morgan fingerprint density at radius 2 is 1.82 bits per heavy atom. The molecular weight excluding hydrogens is 430 g/mol.